The molecule has 0 aliphatic heterocycles. The fraction of sp³-hybridized carbons (Fsp3) is 0.111. The number of ketones is 1. The molecule has 114 valence electrons. The van der Waals surface area contributed by atoms with Gasteiger partial charge in [-0.3, -0.25) is 14.9 Å². The van der Waals surface area contributed by atoms with Crippen molar-refractivity contribution in [2.45, 2.75) is 13.1 Å². The third-order valence-electron chi connectivity index (χ3n) is 3.72. The van der Waals surface area contributed by atoms with Crippen LogP contribution in [0.15, 0.2) is 66.7 Å². The Morgan fingerprint density at radius 2 is 1.65 bits per heavy atom. The van der Waals surface area contributed by atoms with Crippen LogP contribution in [-0.4, -0.2) is 10.7 Å². The van der Waals surface area contributed by atoms with E-state index in [1.807, 2.05) is 36.4 Å². The van der Waals surface area contributed by atoms with Crippen LogP contribution in [-0.2, 0) is 13.1 Å². The van der Waals surface area contributed by atoms with E-state index < -0.39 is 0 Å². The molecule has 0 amide bonds. The zero-order valence-corrected chi connectivity index (χ0v) is 12.4. The van der Waals surface area contributed by atoms with E-state index in [1.165, 1.54) is 0 Å². The molecule has 0 spiro atoms. The molecule has 1 heterocycles. The van der Waals surface area contributed by atoms with Crippen molar-refractivity contribution in [3.63, 3.8) is 0 Å². The molecule has 3 rings (SSSR count). The van der Waals surface area contributed by atoms with Crippen LogP contribution in [0, 0.1) is 10.1 Å². The van der Waals surface area contributed by atoms with Crippen molar-refractivity contribution in [3.05, 3.63) is 88.1 Å². The summed E-state index contributed by atoms with van der Waals surface area (Å²) in [5, 5.41) is 11.9. The molecule has 0 bridgehead atoms. The molecule has 0 unspecified atom stereocenters. The summed E-state index contributed by atoms with van der Waals surface area (Å²) < 4.78 is 1.73. The van der Waals surface area contributed by atoms with E-state index in [0.29, 0.717) is 11.3 Å². The molecule has 0 saturated carbocycles. The second-order valence-corrected chi connectivity index (χ2v) is 5.25. The van der Waals surface area contributed by atoms with Crippen LogP contribution < -0.4 is 4.57 Å². The van der Waals surface area contributed by atoms with Crippen molar-refractivity contribution in [1.29, 1.82) is 0 Å². The number of pyridine rings is 1. The lowest BCUT2D eigenvalue weighted by molar-refractivity contribution is -0.680. The third kappa shape index (κ3) is 3.23. The molecule has 5 heteroatoms. The van der Waals surface area contributed by atoms with Gasteiger partial charge in [-0.2, -0.15) is 4.57 Å². The minimum Gasteiger partial charge on any atom is -0.287 e. The molecule has 1 aromatic heterocycles. The van der Waals surface area contributed by atoms with Crippen LogP contribution in [0.5, 0.6) is 0 Å². The van der Waals surface area contributed by atoms with Crippen LogP contribution >= 0.6 is 0 Å². The van der Waals surface area contributed by atoms with E-state index in [-0.39, 0.29) is 23.8 Å². The molecule has 2 aromatic carbocycles. The van der Waals surface area contributed by atoms with Gasteiger partial charge in [0.1, 0.15) is 0 Å². The van der Waals surface area contributed by atoms with Crippen molar-refractivity contribution in [1.82, 2.24) is 0 Å². The fourth-order valence-corrected chi connectivity index (χ4v) is 2.62. The second kappa shape index (κ2) is 6.36. The van der Waals surface area contributed by atoms with Crippen LogP contribution in [0.4, 0.5) is 0 Å². The van der Waals surface area contributed by atoms with Gasteiger partial charge in [-0.15, -0.1) is 0 Å². The number of rotatable bonds is 5. The van der Waals surface area contributed by atoms with Crippen LogP contribution in [0.25, 0.3) is 10.9 Å². The number of benzene rings is 2. The number of Topliss-reactive ketones (excluding diaryl/α,β-unsaturated/α-hetero) is 1. The highest BCUT2D eigenvalue weighted by molar-refractivity contribution is 5.95. The monoisotopic (exact) mass is 307 g/mol. The Kier molecular flexibility index (Phi) is 4.10. The molecule has 3 aromatic rings. The number of nitro groups is 1. The van der Waals surface area contributed by atoms with Crippen molar-refractivity contribution in [2.24, 2.45) is 0 Å². The molecule has 0 atom stereocenters. The Labute approximate surface area is 133 Å². The first kappa shape index (κ1) is 14.8. The molecule has 0 saturated heterocycles. The van der Waals surface area contributed by atoms with Gasteiger partial charge in [0.25, 0.3) is 12.2 Å². The van der Waals surface area contributed by atoms with Crippen molar-refractivity contribution < 1.29 is 14.3 Å². The largest absolute Gasteiger partial charge is 0.287 e. The molecule has 23 heavy (non-hydrogen) atoms. The standard InChI is InChI=1S/C18H15N2O3/c21-18(15-7-2-1-3-8-15)13-19-16(12-20(22)23)11-10-14-6-4-5-9-17(14)19/h1-11H,12-13H2/q+1. The maximum atomic E-state index is 12.5. The first-order valence-electron chi connectivity index (χ1n) is 7.25. The van der Waals surface area contributed by atoms with Gasteiger partial charge in [0, 0.05) is 28.0 Å². The average molecular weight is 307 g/mol. The summed E-state index contributed by atoms with van der Waals surface area (Å²) in [6, 6.07) is 20.1. The Morgan fingerprint density at radius 3 is 2.39 bits per heavy atom. The van der Waals surface area contributed by atoms with Crippen LogP contribution in [0.2, 0.25) is 0 Å². The maximum absolute atomic E-state index is 12.5. The van der Waals surface area contributed by atoms with Gasteiger partial charge in [-0.1, -0.05) is 42.5 Å². The molecule has 5 nitrogen and oxygen atoms in total. The predicted octanol–water partition coefficient (Wildman–Crippen LogP) is 2.79. The summed E-state index contributed by atoms with van der Waals surface area (Å²) in [6.45, 7) is -0.235. The van der Waals surface area contributed by atoms with E-state index in [4.69, 9.17) is 0 Å². The van der Waals surface area contributed by atoms with Crippen molar-refractivity contribution >= 4 is 16.7 Å². The summed E-state index contributed by atoms with van der Waals surface area (Å²) in [7, 11) is 0. The quantitative estimate of drug-likeness (QED) is 0.315. The van der Waals surface area contributed by atoms with Gasteiger partial charge in [0.05, 0.1) is 0 Å². The minimum absolute atomic E-state index is 0.0726. The van der Waals surface area contributed by atoms with Crippen LogP contribution in [0.3, 0.4) is 0 Å². The summed E-state index contributed by atoms with van der Waals surface area (Å²) >= 11 is 0. The second-order valence-electron chi connectivity index (χ2n) is 5.25. The van der Waals surface area contributed by atoms with E-state index in [9.17, 15) is 14.9 Å². The molecular formula is C18H15N2O3+. The number of nitrogens with zero attached hydrogens (tertiary/aromatic N) is 2. The van der Waals surface area contributed by atoms with E-state index in [2.05, 4.69) is 0 Å². The van der Waals surface area contributed by atoms with Gasteiger partial charge in [0.15, 0.2) is 0 Å². The highest BCUT2D eigenvalue weighted by atomic mass is 16.6. The SMILES string of the molecule is O=C(C[n+]1c(C[N+](=O)[O-])ccc2ccccc21)c1ccccc1. The highest BCUT2D eigenvalue weighted by Crippen LogP contribution is 2.12. The van der Waals surface area contributed by atoms with Gasteiger partial charge in [-0.25, -0.2) is 0 Å². The van der Waals surface area contributed by atoms with Gasteiger partial charge >= 0.3 is 0 Å². The Morgan fingerprint density at radius 1 is 0.957 bits per heavy atom. The summed E-state index contributed by atoms with van der Waals surface area (Å²) in [6.07, 6.45) is 0. The lowest BCUT2D eigenvalue weighted by Gasteiger charge is -2.05. The van der Waals surface area contributed by atoms with Crippen molar-refractivity contribution in [2.75, 3.05) is 0 Å². The topological polar surface area (TPSA) is 64.1 Å². The lowest BCUT2D eigenvalue weighted by atomic mass is 10.1. The summed E-state index contributed by atoms with van der Waals surface area (Å²) in [4.78, 5) is 23.0. The average Bonchev–Trinajstić information content (AvgIpc) is 2.57. The summed E-state index contributed by atoms with van der Waals surface area (Å²) in [5.74, 6) is -0.0726. The molecule has 0 aliphatic rings. The Hall–Kier alpha value is -3.08. The number of carbonyl (C=O) groups is 1. The van der Waals surface area contributed by atoms with E-state index in [1.54, 1.807) is 34.9 Å². The molecule has 0 fully saturated rings. The van der Waals surface area contributed by atoms with E-state index >= 15 is 0 Å². The number of hydrogen-bond donors (Lipinski definition) is 0. The number of para-hydroxylation sites is 1. The smallest absolute Gasteiger partial charge is 0.286 e. The molecular weight excluding hydrogens is 292 g/mol. The Balaban J connectivity index is 2.06. The lowest BCUT2D eigenvalue weighted by Crippen LogP contribution is -2.43. The first-order chi connectivity index (χ1) is 11.1. The highest BCUT2D eigenvalue weighted by Gasteiger charge is 2.23. The maximum Gasteiger partial charge on any atom is 0.286 e. The number of carbonyl (C=O) groups excluding carboxylic acids is 1. The van der Waals surface area contributed by atoms with E-state index in [0.717, 1.165) is 10.9 Å². The molecule has 0 aliphatic carbocycles. The van der Waals surface area contributed by atoms with Crippen molar-refractivity contribution in [3.8, 4) is 0 Å². The predicted molar refractivity (Wildman–Crippen MR) is 85.6 cm³/mol. The Bertz CT molecular complexity index is 876. The number of fused-ring (bicyclic) bond motifs is 1. The molecule has 0 N–H and O–H groups in total. The first-order valence-corrected chi connectivity index (χ1v) is 7.25. The fourth-order valence-electron chi connectivity index (χ4n) is 2.62. The minimum atomic E-state index is -0.381. The third-order valence-corrected chi connectivity index (χ3v) is 3.72. The molecule has 0 radical (unpaired) electrons. The van der Waals surface area contributed by atoms with Gasteiger partial charge in [0.2, 0.25) is 17.8 Å². The number of hydrogen-bond acceptors (Lipinski definition) is 3. The number of aromatic nitrogens is 1. The van der Waals surface area contributed by atoms with Gasteiger partial charge < -0.3 is 0 Å². The van der Waals surface area contributed by atoms with Gasteiger partial charge in [-0.05, 0) is 12.1 Å². The normalized spacial score (nSPS) is 10.6. The zero-order valence-electron chi connectivity index (χ0n) is 12.4. The zero-order chi connectivity index (χ0) is 16.2. The van der Waals surface area contributed by atoms with Crippen LogP contribution in [0.1, 0.15) is 16.1 Å². The summed E-state index contributed by atoms with van der Waals surface area (Å²) in [5.41, 5.74) is 1.93.